The number of aryl methyl sites for hydroxylation is 2. The Morgan fingerprint density at radius 1 is 1.35 bits per heavy atom. The number of fused-ring (bicyclic) bond motifs is 1. The molecule has 2 heterocycles. The zero-order chi connectivity index (χ0) is 14.1. The van der Waals surface area contributed by atoms with Gasteiger partial charge in [0.25, 0.3) is 0 Å². The number of halogens is 1. The summed E-state index contributed by atoms with van der Waals surface area (Å²) in [5, 5.41) is 9.35. The molecule has 0 amide bonds. The lowest BCUT2D eigenvalue weighted by molar-refractivity contribution is 0.891. The van der Waals surface area contributed by atoms with E-state index in [0.29, 0.717) is 5.56 Å². The Morgan fingerprint density at radius 3 is 2.90 bits per heavy atom. The molecule has 20 heavy (non-hydrogen) atoms. The molecule has 3 rings (SSSR count). The van der Waals surface area contributed by atoms with Gasteiger partial charge in [-0.15, -0.1) is 0 Å². The Labute approximate surface area is 129 Å². The summed E-state index contributed by atoms with van der Waals surface area (Å²) in [6, 6.07) is 5.88. The smallest absolute Gasteiger partial charge is 0.125 e. The van der Waals surface area contributed by atoms with E-state index in [1.807, 2.05) is 18.2 Å². The third-order valence-electron chi connectivity index (χ3n) is 3.21. The molecular formula is C14H13BrN4S. The van der Waals surface area contributed by atoms with E-state index in [1.165, 1.54) is 17.3 Å². The second-order valence-corrected chi connectivity index (χ2v) is 6.56. The standard InChI is InChI=1S/C14H13BrN4S/c15-9-4-5-12(18-7-9)20-14-10(13(16)17)6-8-2-1-3-11(8)19-14/h4-7H,1-3H2,(H3,16,17). The Hall–Kier alpha value is -1.40. The summed E-state index contributed by atoms with van der Waals surface area (Å²) in [5.74, 6) is 0.0619. The number of aromatic nitrogens is 2. The molecule has 2 aromatic rings. The SMILES string of the molecule is N=C(N)c1cc2c(nc1Sc1ccc(Br)cn1)CCC2. The first-order valence-electron chi connectivity index (χ1n) is 6.30. The van der Waals surface area contributed by atoms with Crippen LogP contribution >= 0.6 is 27.7 Å². The van der Waals surface area contributed by atoms with Crippen molar-refractivity contribution < 1.29 is 0 Å². The van der Waals surface area contributed by atoms with Gasteiger partial charge in [-0.3, -0.25) is 5.41 Å². The molecule has 0 saturated carbocycles. The van der Waals surface area contributed by atoms with E-state index in [0.717, 1.165) is 39.5 Å². The summed E-state index contributed by atoms with van der Waals surface area (Å²) in [4.78, 5) is 9.01. The number of rotatable bonds is 3. The average Bonchev–Trinajstić information content (AvgIpc) is 2.87. The zero-order valence-corrected chi connectivity index (χ0v) is 13.1. The van der Waals surface area contributed by atoms with Gasteiger partial charge < -0.3 is 5.73 Å². The fourth-order valence-corrected chi connectivity index (χ4v) is 3.35. The minimum atomic E-state index is 0.0619. The number of nitrogen functional groups attached to an aromatic ring is 1. The molecule has 0 atom stereocenters. The van der Waals surface area contributed by atoms with E-state index < -0.39 is 0 Å². The maximum Gasteiger partial charge on any atom is 0.125 e. The first kappa shape index (κ1) is 13.6. The van der Waals surface area contributed by atoms with Gasteiger partial charge in [-0.1, -0.05) is 0 Å². The van der Waals surface area contributed by atoms with Gasteiger partial charge in [0.15, 0.2) is 0 Å². The predicted octanol–water partition coefficient (Wildman–Crippen LogP) is 3.16. The molecular weight excluding hydrogens is 336 g/mol. The van der Waals surface area contributed by atoms with Crippen molar-refractivity contribution in [2.75, 3.05) is 0 Å². The first-order chi connectivity index (χ1) is 9.63. The molecule has 0 fully saturated rings. The minimum Gasteiger partial charge on any atom is -0.384 e. The van der Waals surface area contributed by atoms with Crippen molar-refractivity contribution in [3.8, 4) is 0 Å². The summed E-state index contributed by atoms with van der Waals surface area (Å²) in [5.41, 5.74) is 8.76. The highest BCUT2D eigenvalue weighted by Crippen LogP contribution is 2.31. The Bertz CT molecular complexity index is 670. The molecule has 1 aliphatic carbocycles. The van der Waals surface area contributed by atoms with Crippen LogP contribution in [0.15, 0.2) is 38.9 Å². The molecule has 0 bridgehead atoms. The molecule has 0 unspecified atom stereocenters. The minimum absolute atomic E-state index is 0.0619. The van der Waals surface area contributed by atoms with Crippen LogP contribution in [0.1, 0.15) is 23.2 Å². The molecule has 0 saturated heterocycles. The van der Waals surface area contributed by atoms with Crippen molar-refractivity contribution in [2.24, 2.45) is 5.73 Å². The molecule has 4 nitrogen and oxygen atoms in total. The Kier molecular flexibility index (Phi) is 3.76. The fraction of sp³-hybridized carbons (Fsp3) is 0.214. The van der Waals surface area contributed by atoms with Gasteiger partial charge in [-0.2, -0.15) is 0 Å². The van der Waals surface area contributed by atoms with Crippen molar-refractivity contribution in [1.82, 2.24) is 9.97 Å². The van der Waals surface area contributed by atoms with Gasteiger partial charge in [-0.25, -0.2) is 9.97 Å². The Balaban J connectivity index is 1.99. The Morgan fingerprint density at radius 2 is 2.20 bits per heavy atom. The van der Waals surface area contributed by atoms with Gasteiger partial charge in [0.2, 0.25) is 0 Å². The molecule has 3 N–H and O–H groups in total. The lowest BCUT2D eigenvalue weighted by Gasteiger charge is -2.09. The maximum atomic E-state index is 7.74. The van der Waals surface area contributed by atoms with E-state index in [1.54, 1.807) is 6.20 Å². The average molecular weight is 349 g/mol. The highest BCUT2D eigenvalue weighted by molar-refractivity contribution is 9.10. The number of nitrogens with one attached hydrogen (secondary N) is 1. The molecule has 0 aromatic carbocycles. The number of hydrogen-bond donors (Lipinski definition) is 2. The highest BCUT2D eigenvalue weighted by Gasteiger charge is 2.18. The van der Waals surface area contributed by atoms with Gasteiger partial charge in [0, 0.05) is 21.9 Å². The molecule has 102 valence electrons. The number of hydrogen-bond acceptors (Lipinski definition) is 4. The van der Waals surface area contributed by atoms with Gasteiger partial charge in [-0.05, 0) is 70.7 Å². The highest BCUT2D eigenvalue weighted by atomic mass is 79.9. The third kappa shape index (κ3) is 2.71. The van der Waals surface area contributed by atoms with Crippen molar-refractivity contribution in [3.63, 3.8) is 0 Å². The molecule has 0 radical (unpaired) electrons. The van der Waals surface area contributed by atoms with Crippen LogP contribution in [0.3, 0.4) is 0 Å². The second-order valence-electron chi connectivity index (χ2n) is 4.63. The largest absolute Gasteiger partial charge is 0.384 e. The quantitative estimate of drug-likeness (QED) is 0.659. The monoisotopic (exact) mass is 348 g/mol. The van der Waals surface area contributed by atoms with E-state index in [-0.39, 0.29) is 5.84 Å². The maximum absolute atomic E-state index is 7.74. The van der Waals surface area contributed by atoms with Crippen LogP contribution < -0.4 is 5.73 Å². The van der Waals surface area contributed by atoms with Crippen molar-refractivity contribution >= 4 is 33.5 Å². The van der Waals surface area contributed by atoms with Crippen LogP contribution in [0, 0.1) is 5.41 Å². The summed E-state index contributed by atoms with van der Waals surface area (Å²) in [7, 11) is 0. The van der Waals surface area contributed by atoms with Gasteiger partial charge in [0.1, 0.15) is 15.9 Å². The number of nitrogens with two attached hydrogens (primary N) is 1. The third-order valence-corrected chi connectivity index (χ3v) is 4.63. The first-order valence-corrected chi connectivity index (χ1v) is 7.91. The number of amidine groups is 1. The summed E-state index contributed by atoms with van der Waals surface area (Å²) < 4.78 is 0.940. The topological polar surface area (TPSA) is 75.7 Å². The van der Waals surface area contributed by atoms with Crippen molar-refractivity contribution in [2.45, 2.75) is 29.3 Å². The van der Waals surface area contributed by atoms with E-state index in [9.17, 15) is 0 Å². The van der Waals surface area contributed by atoms with Crippen LogP contribution in [0.5, 0.6) is 0 Å². The summed E-state index contributed by atoms with van der Waals surface area (Å²) in [6.07, 6.45) is 4.92. The lowest BCUT2D eigenvalue weighted by Crippen LogP contribution is -2.14. The van der Waals surface area contributed by atoms with Gasteiger partial charge >= 0.3 is 0 Å². The molecule has 0 aliphatic heterocycles. The van der Waals surface area contributed by atoms with Crippen LogP contribution in [0.25, 0.3) is 0 Å². The molecule has 6 heteroatoms. The van der Waals surface area contributed by atoms with Crippen LogP contribution in [0.2, 0.25) is 0 Å². The second kappa shape index (κ2) is 5.54. The van der Waals surface area contributed by atoms with Crippen LogP contribution in [0.4, 0.5) is 0 Å². The van der Waals surface area contributed by atoms with Crippen LogP contribution in [-0.2, 0) is 12.8 Å². The molecule has 0 spiro atoms. The molecule has 2 aromatic heterocycles. The summed E-state index contributed by atoms with van der Waals surface area (Å²) >= 11 is 4.82. The number of pyridine rings is 2. The van der Waals surface area contributed by atoms with E-state index in [4.69, 9.17) is 11.1 Å². The fourth-order valence-electron chi connectivity index (χ4n) is 2.25. The number of nitrogens with zero attached hydrogens (tertiary/aromatic N) is 2. The van der Waals surface area contributed by atoms with Crippen molar-refractivity contribution in [1.29, 1.82) is 5.41 Å². The molecule has 1 aliphatic rings. The van der Waals surface area contributed by atoms with Crippen molar-refractivity contribution in [3.05, 3.63) is 45.7 Å². The van der Waals surface area contributed by atoms with Gasteiger partial charge in [0.05, 0.1) is 0 Å². The lowest BCUT2D eigenvalue weighted by atomic mass is 10.1. The normalized spacial score (nSPS) is 13.2. The summed E-state index contributed by atoms with van der Waals surface area (Å²) in [6.45, 7) is 0. The zero-order valence-electron chi connectivity index (χ0n) is 10.7. The predicted molar refractivity (Wildman–Crippen MR) is 83.3 cm³/mol. The van der Waals surface area contributed by atoms with E-state index in [2.05, 4.69) is 25.9 Å². The van der Waals surface area contributed by atoms with E-state index >= 15 is 0 Å². The van der Waals surface area contributed by atoms with Crippen LogP contribution in [-0.4, -0.2) is 15.8 Å².